The van der Waals surface area contributed by atoms with Gasteiger partial charge in [0.2, 0.25) is 0 Å². The summed E-state index contributed by atoms with van der Waals surface area (Å²) in [6.07, 6.45) is 26.6. The number of rotatable bonds is 19. The number of imidazole rings is 1. The van der Waals surface area contributed by atoms with E-state index in [0.29, 0.717) is 48.1 Å². The Morgan fingerprint density at radius 2 is 1.77 bits per heavy atom. The molecule has 48 heavy (non-hydrogen) atoms. The van der Waals surface area contributed by atoms with Crippen LogP contribution in [0, 0.1) is 12.8 Å². The second kappa shape index (κ2) is 27.1. The molecule has 0 bridgehead atoms. The Bertz CT molecular complexity index is 1410. The first-order valence-electron chi connectivity index (χ1n) is 16.0. The van der Waals surface area contributed by atoms with Crippen molar-refractivity contribution in [3.05, 3.63) is 100 Å². The van der Waals surface area contributed by atoms with Crippen LogP contribution in [0.2, 0.25) is 10.0 Å². The van der Waals surface area contributed by atoms with E-state index >= 15 is 0 Å². The summed E-state index contributed by atoms with van der Waals surface area (Å²) in [6.45, 7) is 14.0. The van der Waals surface area contributed by atoms with Crippen molar-refractivity contribution in [3.63, 3.8) is 0 Å². The Kier molecular flexibility index (Phi) is 24.9. The van der Waals surface area contributed by atoms with Crippen LogP contribution in [-0.2, 0) is 16.1 Å². The van der Waals surface area contributed by atoms with Gasteiger partial charge >= 0.3 is 6.03 Å². The molecule has 2 amide bonds. The van der Waals surface area contributed by atoms with Gasteiger partial charge in [-0.25, -0.2) is 9.78 Å². The molecule has 0 saturated heterocycles. The molecule has 0 aliphatic carbocycles. The van der Waals surface area contributed by atoms with Crippen LogP contribution in [0.15, 0.2) is 84.2 Å². The molecule has 3 N–H and O–H groups in total. The Hall–Kier alpha value is -3.87. The second-order valence-electron chi connectivity index (χ2n) is 10.3. The monoisotopic (exact) mass is 698 g/mol. The summed E-state index contributed by atoms with van der Waals surface area (Å²) in [7, 11) is 1.00. The second-order valence-corrected chi connectivity index (χ2v) is 11.2. The number of carbonyl (C=O) groups is 2. The standard InChI is InChI=1S/C35H46Cl2N4O3.C2H2.CH4O/c1-6-10-18-38-35(43)40-32(21-27(8-3)13-12-20-44-25-28(9-4)15-14-26(5)24-42)34-39-33(23-41(34)19-11-7-2)30-17-16-29(36)22-31(30)37;2*1-2/h8-9,12-17,22-24,32H,5-7,10-11,18-21,25H2,1-4H3,(H2,38,40,43);1-2H;2H,1H3/b13-12-,15-14-,27-8+,28-9+;;. The number of aldehydes is 1. The van der Waals surface area contributed by atoms with Gasteiger partial charge in [0.15, 0.2) is 0 Å². The van der Waals surface area contributed by atoms with E-state index in [1.54, 1.807) is 18.2 Å². The number of nitrogens with zero attached hydrogens (tertiary/aromatic N) is 2. The molecule has 1 unspecified atom stereocenters. The zero-order valence-electron chi connectivity index (χ0n) is 29.0. The number of halogens is 2. The highest BCUT2D eigenvalue weighted by molar-refractivity contribution is 6.36. The lowest BCUT2D eigenvalue weighted by molar-refractivity contribution is -0.104. The van der Waals surface area contributed by atoms with Gasteiger partial charge in [-0.1, -0.05) is 98.5 Å². The molecule has 0 saturated carbocycles. The van der Waals surface area contributed by atoms with E-state index in [1.807, 2.05) is 56.5 Å². The van der Waals surface area contributed by atoms with Crippen molar-refractivity contribution in [3.8, 4) is 24.1 Å². The van der Waals surface area contributed by atoms with E-state index < -0.39 is 6.04 Å². The summed E-state index contributed by atoms with van der Waals surface area (Å²) >= 11 is 12.7. The van der Waals surface area contributed by atoms with E-state index in [9.17, 15) is 9.59 Å². The van der Waals surface area contributed by atoms with Gasteiger partial charge in [0, 0.05) is 42.6 Å². The molecule has 1 heterocycles. The van der Waals surface area contributed by atoms with Crippen LogP contribution in [-0.4, -0.2) is 53.8 Å². The summed E-state index contributed by atoms with van der Waals surface area (Å²) in [5.74, 6) is 0.760. The zero-order chi connectivity index (χ0) is 36.3. The highest BCUT2D eigenvalue weighted by atomic mass is 35.5. The number of terminal acetylenes is 1. The number of allylic oxidation sites excluding steroid dienone is 5. The van der Waals surface area contributed by atoms with Crippen LogP contribution < -0.4 is 10.6 Å². The van der Waals surface area contributed by atoms with Crippen molar-refractivity contribution in [2.24, 2.45) is 0 Å². The summed E-state index contributed by atoms with van der Waals surface area (Å²) in [5.41, 5.74) is 3.89. The molecule has 1 atom stereocenters. The van der Waals surface area contributed by atoms with Crippen LogP contribution in [0.5, 0.6) is 0 Å². The number of benzene rings is 1. The van der Waals surface area contributed by atoms with Gasteiger partial charge in [-0.15, -0.1) is 12.8 Å². The number of urea groups is 1. The fourth-order valence-corrected chi connectivity index (χ4v) is 4.79. The summed E-state index contributed by atoms with van der Waals surface area (Å²) in [5, 5.41) is 14.2. The first-order chi connectivity index (χ1) is 23.3. The maximum absolute atomic E-state index is 13.0. The fraction of sp³-hybridized carbons (Fsp3) is 0.395. The molecule has 0 fully saturated rings. The summed E-state index contributed by atoms with van der Waals surface area (Å²) in [4.78, 5) is 28.8. The summed E-state index contributed by atoms with van der Waals surface area (Å²) < 4.78 is 7.94. The van der Waals surface area contributed by atoms with Crippen LogP contribution in [0.1, 0.15) is 71.7 Å². The van der Waals surface area contributed by atoms with E-state index in [0.717, 1.165) is 67.6 Å². The van der Waals surface area contributed by atoms with Crippen molar-refractivity contribution >= 4 is 35.5 Å². The average Bonchev–Trinajstić information content (AvgIpc) is 3.52. The van der Waals surface area contributed by atoms with Gasteiger partial charge in [-0.05, 0) is 56.9 Å². The van der Waals surface area contributed by atoms with E-state index in [-0.39, 0.29) is 6.03 Å². The molecule has 2 rings (SSSR count). The number of aromatic nitrogens is 2. The zero-order valence-corrected chi connectivity index (χ0v) is 30.5. The Morgan fingerprint density at radius 3 is 2.38 bits per heavy atom. The molecular formula is C38H52Cl2N4O4. The highest BCUT2D eigenvalue weighted by Gasteiger charge is 2.23. The molecule has 2 aromatic rings. The van der Waals surface area contributed by atoms with E-state index in [4.69, 9.17) is 38.0 Å². The summed E-state index contributed by atoms with van der Waals surface area (Å²) in [6, 6.07) is 4.76. The molecule has 10 heteroatoms. The number of ether oxygens (including phenoxy) is 1. The molecule has 1 aromatic carbocycles. The molecule has 8 nitrogen and oxygen atoms in total. The van der Waals surface area contributed by atoms with Crippen LogP contribution in [0.3, 0.4) is 0 Å². The number of hydrogen-bond donors (Lipinski definition) is 3. The van der Waals surface area contributed by atoms with Crippen molar-refractivity contribution < 1.29 is 19.4 Å². The minimum Gasteiger partial charge on any atom is -0.400 e. The number of amides is 2. The number of hydrogen-bond acceptors (Lipinski definition) is 5. The highest BCUT2D eigenvalue weighted by Crippen LogP contribution is 2.32. The predicted octanol–water partition coefficient (Wildman–Crippen LogP) is 8.82. The normalized spacial score (nSPS) is 12.1. The Labute approximate surface area is 297 Å². The SMILES string of the molecule is C#C.C=C(C=O)/C=C\C(=C/C)COC/C=C\C(=C/C)CC(NC(=O)NCCCC)c1nc(-c2ccc(Cl)cc2Cl)cn1CCCC.CO. The van der Waals surface area contributed by atoms with Crippen molar-refractivity contribution in [1.29, 1.82) is 0 Å². The topological polar surface area (TPSA) is 105 Å². The molecule has 0 radical (unpaired) electrons. The van der Waals surface area contributed by atoms with Gasteiger partial charge in [0.25, 0.3) is 0 Å². The molecular weight excluding hydrogens is 647 g/mol. The lowest BCUT2D eigenvalue weighted by atomic mass is 10.0. The van der Waals surface area contributed by atoms with Crippen molar-refractivity contribution in [1.82, 2.24) is 20.2 Å². The fourth-order valence-electron chi connectivity index (χ4n) is 4.28. The lowest BCUT2D eigenvalue weighted by Gasteiger charge is -2.21. The average molecular weight is 700 g/mol. The van der Waals surface area contributed by atoms with Crippen molar-refractivity contribution in [2.45, 2.75) is 72.4 Å². The quantitative estimate of drug-likeness (QED) is 0.0447. The maximum atomic E-state index is 13.0. The smallest absolute Gasteiger partial charge is 0.315 e. The number of nitrogens with one attached hydrogen (secondary N) is 2. The molecule has 0 spiro atoms. The number of carbonyl (C=O) groups excluding carboxylic acids is 2. The van der Waals surface area contributed by atoms with Crippen molar-refractivity contribution in [2.75, 3.05) is 26.9 Å². The van der Waals surface area contributed by atoms with Gasteiger partial charge in [0.05, 0.1) is 30.0 Å². The van der Waals surface area contributed by atoms with Crippen LogP contribution in [0.25, 0.3) is 11.3 Å². The number of aliphatic hydroxyl groups excluding tert-OH is 1. The molecule has 1 aromatic heterocycles. The largest absolute Gasteiger partial charge is 0.400 e. The van der Waals surface area contributed by atoms with Crippen LogP contribution >= 0.6 is 23.2 Å². The van der Waals surface area contributed by atoms with Gasteiger partial charge in [-0.3, -0.25) is 4.79 Å². The van der Waals surface area contributed by atoms with E-state index in [1.165, 1.54) is 0 Å². The third kappa shape index (κ3) is 16.8. The number of aryl methyl sites for hydroxylation is 1. The minimum absolute atomic E-state index is 0.230. The van der Waals surface area contributed by atoms with Gasteiger partial charge < -0.3 is 25.0 Å². The first-order valence-corrected chi connectivity index (χ1v) is 16.7. The number of aliphatic hydroxyl groups is 1. The Morgan fingerprint density at radius 1 is 1.08 bits per heavy atom. The van der Waals surface area contributed by atoms with Gasteiger partial charge in [0.1, 0.15) is 12.1 Å². The maximum Gasteiger partial charge on any atom is 0.315 e. The minimum atomic E-state index is -0.393. The first kappa shape index (κ1) is 44.1. The predicted molar refractivity (Wildman–Crippen MR) is 201 cm³/mol. The van der Waals surface area contributed by atoms with Crippen LogP contribution in [0.4, 0.5) is 4.79 Å². The lowest BCUT2D eigenvalue weighted by Crippen LogP contribution is -2.39. The number of unbranched alkanes of at least 4 members (excludes halogenated alkanes) is 2. The van der Waals surface area contributed by atoms with E-state index in [2.05, 4.69) is 48.5 Å². The molecule has 0 aliphatic heterocycles. The third-order valence-electron chi connectivity index (χ3n) is 6.86. The molecule has 0 aliphatic rings. The molecule has 262 valence electrons. The third-order valence-corrected chi connectivity index (χ3v) is 7.41. The van der Waals surface area contributed by atoms with Gasteiger partial charge in [-0.2, -0.15) is 0 Å². The Balaban J connectivity index is 0.00000531.